The molecule has 1 atom stereocenters. The highest BCUT2D eigenvalue weighted by Gasteiger charge is 2.33. The third kappa shape index (κ3) is 6.19. The van der Waals surface area contributed by atoms with E-state index in [4.69, 9.17) is 4.74 Å². The summed E-state index contributed by atoms with van der Waals surface area (Å²) in [6, 6.07) is 16.9. The van der Waals surface area contributed by atoms with Crippen LogP contribution >= 0.6 is 11.3 Å². The number of thiophene rings is 1. The van der Waals surface area contributed by atoms with Crippen LogP contribution in [0.2, 0.25) is 0 Å². The van der Waals surface area contributed by atoms with Gasteiger partial charge in [-0.25, -0.2) is 4.39 Å². The van der Waals surface area contributed by atoms with Crippen molar-refractivity contribution >= 4 is 23.2 Å². The average Bonchev–Trinajstić information content (AvgIpc) is 3.63. The topological polar surface area (TPSA) is 53.1 Å². The third-order valence-corrected chi connectivity index (χ3v) is 8.15. The van der Waals surface area contributed by atoms with Crippen molar-refractivity contribution in [3.8, 4) is 5.75 Å². The predicted molar refractivity (Wildman–Crippen MR) is 142 cm³/mol. The molecule has 2 amide bonds. The smallest absolute Gasteiger partial charge is 0.254 e. The van der Waals surface area contributed by atoms with Gasteiger partial charge in [0.05, 0.1) is 6.04 Å². The first-order valence-electron chi connectivity index (χ1n) is 12.9. The van der Waals surface area contributed by atoms with Crippen molar-refractivity contribution in [1.82, 2.24) is 14.7 Å². The monoisotopic (exact) mass is 521 g/mol. The number of fused-ring (bicyclic) bond motifs is 1. The molecule has 0 aliphatic carbocycles. The molecule has 194 valence electrons. The number of halogens is 1. The Hall–Kier alpha value is -3.23. The van der Waals surface area contributed by atoms with E-state index in [2.05, 4.69) is 11.0 Å². The third-order valence-electron chi connectivity index (χ3n) is 7.16. The van der Waals surface area contributed by atoms with Crippen LogP contribution in [0.3, 0.4) is 0 Å². The lowest BCUT2D eigenvalue weighted by atomic mass is 10.0. The Balaban J connectivity index is 1.32. The molecule has 2 aliphatic heterocycles. The lowest BCUT2D eigenvalue weighted by Crippen LogP contribution is -2.49. The second-order valence-corrected chi connectivity index (χ2v) is 10.6. The van der Waals surface area contributed by atoms with Crippen LogP contribution in [0.15, 0.2) is 66.0 Å². The molecule has 6 nitrogen and oxygen atoms in total. The van der Waals surface area contributed by atoms with Gasteiger partial charge in [0, 0.05) is 30.1 Å². The van der Waals surface area contributed by atoms with E-state index >= 15 is 0 Å². The number of rotatable bonds is 9. The van der Waals surface area contributed by atoms with Crippen molar-refractivity contribution in [2.75, 3.05) is 45.9 Å². The Morgan fingerprint density at radius 1 is 1.00 bits per heavy atom. The number of ether oxygens (including phenoxy) is 1. The van der Waals surface area contributed by atoms with Gasteiger partial charge in [0.25, 0.3) is 5.91 Å². The van der Waals surface area contributed by atoms with Gasteiger partial charge < -0.3 is 19.4 Å². The Morgan fingerprint density at radius 3 is 2.51 bits per heavy atom. The predicted octanol–water partition coefficient (Wildman–Crippen LogP) is 4.63. The van der Waals surface area contributed by atoms with Crippen molar-refractivity contribution < 1.29 is 18.7 Å². The van der Waals surface area contributed by atoms with Crippen molar-refractivity contribution in [1.29, 1.82) is 0 Å². The summed E-state index contributed by atoms with van der Waals surface area (Å²) in [6.45, 7) is 4.21. The fourth-order valence-corrected chi connectivity index (χ4v) is 6.05. The summed E-state index contributed by atoms with van der Waals surface area (Å²) >= 11 is 1.69. The quantitative estimate of drug-likeness (QED) is 0.412. The largest absolute Gasteiger partial charge is 0.491 e. The molecule has 0 saturated carbocycles. The molecule has 2 aliphatic rings. The number of hydrogen-bond acceptors (Lipinski definition) is 5. The van der Waals surface area contributed by atoms with Crippen LogP contribution in [0.5, 0.6) is 5.75 Å². The molecule has 0 unspecified atom stereocenters. The van der Waals surface area contributed by atoms with Crippen LogP contribution < -0.4 is 4.74 Å². The Morgan fingerprint density at radius 2 is 1.76 bits per heavy atom. The van der Waals surface area contributed by atoms with Gasteiger partial charge in [0.1, 0.15) is 24.7 Å². The maximum atomic E-state index is 13.8. The van der Waals surface area contributed by atoms with Crippen molar-refractivity contribution in [3.05, 3.63) is 87.9 Å². The van der Waals surface area contributed by atoms with Crippen molar-refractivity contribution in [2.45, 2.75) is 25.3 Å². The van der Waals surface area contributed by atoms with E-state index in [1.807, 2.05) is 28.5 Å². The van der Waals surface area contributed by atoms with Crippen molar-refractivity contribution in [2.24, 2.45) is 0 Å². The van der Waals surface area contributed by atoms with E-state index in [1.165, 1.54) is 29.9 Å². The zero-order chi connectivity index (χ0) is 25.6. The minimum Gasteiger partial charge on any atom is -0.491 e. The minimum atomic E-state index is -0.320. The number of benzene rings is 2. The summed E-state index contributed by atoms with van der Waals surface area (Å²) in [5, 5.41) is 2.05. The molecule has 0 radical (unpaired) electrons. The van der Waals surface area contributed by atoms with Gasteiger partial charge >= 0.3 is 0 Å². The fraction of sp³-hybridized carbons (Fsp3) is 0.379. The minimum absolute atomic E-state index is 0.0219. The number of carbonyl (C=O) groups is 2. The van der Waals surface area contributed by atoms with E-state index in [9.17, 15) is 14.0 Å². The first-order chi connectivity index (χ1) is 18.1. The van der Waals surface area contributed by atoms with Gasteiger partial charge in [0.15, 0.2) is 0 Å². The van der Waals surface area contributed by atoms with Gasteiger partial charge in [-0.2, -0.15) is 0 Å². The van der Waals surface area contributed by atoms with E-state index in [0.29, 0.717) is 24.4 Å². The first kappa shape index (κ1) is 25.4. The van der Waals surface area contributed by atoms with Crippen LogP contribution in [0, 0.1) is 5.82 Å². The zero-order valence-electron chi connectivity index (χ0n) is 20.9. The highest BCUT2D eigenvalue weighted by atomic mass is 32.1. The van der Waals surface area contributed by atoms with E-state index < -0.39 is 0 Å². The molecule has 1 saturated heterocycles. The molecule has 1 fully saturated rings. The Kier molecular flexibility index (Phi) is 8.16. The van der Waals surface area contributed by atoms with Gasteiger partial charge in [0.2, 0.25) is 5.91 Å². The number of carbonyl (C=O) groups excluding carboxylic acids is 2. The zero-order valence-corrected chi connectivity index (χ0v) is 21.7. The summed E-state index contributed by atoms with van der Waals surface area (Å²) in [4.78, 5) is 34.3. The normalized spacial score (nSPS) is 17.4. The second kappa shape index (κ2) is 11.9. The van der Waals surface area contributed by atoms with Crippen LogP contribution in [0.1, 0.15) is 39.7 Å². The molecule has 5 rings (SSSR count). The van der Waals surface area contributed by atoms with Crippen LogP contribution in [0.25, 0.3) is 0 Å². The molecular formula is C29H32FN3O3S. The maximum absolute atomic E-state index is 13.8. The molecule has 2 aromatic carbocycles. The molecule has 3 aromatic rings. The number of likely N-dealkylation sites (tertiary alicyclic amines) is 1. The highest BCUT2D eigenvalue weighted by Crippen LogP contribution is 2.34. The highest BCUT2D eigenvalue weighted by molar-refractivity contribution is 7.10. The summed E-state index contributed by atoms with van der Waals surface area (Å²) < 4.78 is 19.3. The standard InChI is InChI=1S/C29H32FN3O3S/c30-23-8-10-24(11-9-23)36-21-26-25-13-19-37-27(25)12-16-33(26)28(34)20-32(18-17-31-14-4-5-15-31)29(35)22-6-2-1-3-7-22/h1-3,6-11,13,19,26H,4-5,12,14-18,20-21H2/t26-/m1/s1. The Labute approximate surface area is 221 Å². The maximum Gasteiger partial charge on any atom is 0.254 e. The molecular weight excluding hydrogens is 489 g/mol. The SMILES string of the molecule is O=C(c1ccccc1)N(CCN1CCCC1)CC(=O)N1CCc2sccc2[C@H]1COc1ccc(F)cc1. The molecule has 3 heterocycles. The lowest BCUT2D eigenvalue weighted by Gasteiger charge is -2.37. The van der Waals surface area contributed by atoms with Crippen LogP contribution in [-0.4, -0.2) is 72.4 Å². The van der Waals surface area contributed by atoms with Gasteiger partial charge in [-0.05, 0) is 85.8 Å². The lowest BCUT2D eigenvalue weighted by molar-refractivity contribution is -0.135. The Bertz CT molecular complexity index is 1190. The molecule has 37 heavy (non-hydrogen) atoms. The molecule has 8 heteroatoms. The van der Waals surface area contributed by atoms with E-state index in [-0.39, 0.29) is 36.8 Å². The molecule has 0 N–H and O–H groups in total. The summed E-state index contributed by atoms with van der Waals surface area (Å²) in [6.07, 6.45) is 3.14. The number of hydrogen-bond donors (Lipinski definition) is 0. The van der Waals surface area contributed by atoms with Crippen molar-refractivity contribution in [3.63, 3.8) is 0 Å². The van der Waals surface area contributed by atoms with E-state index in [0.717, 1.165) is 31.6 Å². The van der Waals surface area contributed by atoms with Gasteiger partial charge in [-0.15, -0.1) is 11.3 Å². The molecule has 1 aromatic heterocycles. The van der Waals surface area contributed by atoms with Crippen LogP contribution in [0.4, 0.5) is 4.39 Å². The van der Waals surface area contributed by atoms with Crippen LogP contribution in [-0.2, 0) is 11.2 Å². The number of nitrogens with zero attached hydrogens (tertiary/aromatic N) is 3. The summed E-state index contributed by atoms with van der Waals surface area (Å²) in [7, 11) is 0. The molecule has 0 spiro atoms. The summed E-state index contributed by atoms with van der Waals surface area (Å²) in [5.41, 5.74) is 1.68. The van der Waals surface area contributed by atoms with Gasteiger partial charge in [-0.3, -0.25) is 9.59 Å². The summed E-state index contributed by atoms with van der Waals surface area (Å²) in [5.74, 6) is 0.0254. The average molecular weight is 522 g/mol. The number of amides is 2. The van der Waals surface area contributed by atoms with Gasteiger partial charge in [-0.1, -0.05) is 18.2 Å². The first-order valence-corrected chi connectivity index (χ1v) is 13.8. The van der Waals surface area contributed by atoms with E-state index in [1.54, 1.807) is 40.5 Å². The second-order valence-electron chi connectivity index (χ2n) is 9.56. The molecule has 0 bridgehead atoms. The fourth-order valence-electron chi connectivity index (χ4n) is 5.12.